The monoisotopic (exact) mass is 263 g/mol. The van der Waals surface area contributed by atoms with Crippen molar-refractivity contribution in [2.75, 3.05) is 11.9 Å². The molecule has 0 aliphatic carbocycles. The van der Waals surface area contributed by atoms with Crippen LogP contribution in [0.3, 0.4) is 0 Å². The fourth-order valence-corrected chi connectivity index (χ4v) is 2.06. The minimum absolute atomic E-state index is 0.0193. The van der Waals surface area contributed by atoms with E-state index in [0.29, 0.717) is 6.42 Å². The maximum absolute atomic E-state index is 11.6. The molecule has 0 fully saturated rings. The number of rotatable bonds is 5. The first kappa shape index (κ1) is 13.4. The van der Waals surface area contributed by atoms with E-state index in [9.17, 15) is 9.59 Å². The summed E-state index contributed by atoms with van der Waals surface area (Å²) in [5, 5.41) is 11.3. The number of anilines is 1. The molecular weight excluding hydrogens is 246 g/mol. The molecule has 5 heteroatoms. The summed E-state index contributed by atoms with van der Waals surface area (Å²) < 4.78 is 5.50. The fraction of sp³-hybridized carbons (Fsp3) is 0.429. The number of carboxylic acids is 1. The summed E-state index contributed by atoms with van der Waals surface area (Å²) in [5.74, 6) is -0.146. The zero-order chi connectivity index (χ0) is 13.7. The van der Waals surface area contributed by atoms with Crippen molar-refractivity contribution in [2.24, 2.45) is 0 Å². The molecule has 0 radical (unpaired) electrons. The Balaban J connectivity index is 1.88. The Labute approximate surface area is 111 Å². The van der Waals surface area contributed by atoms with Gasteiger partial charge < -0.3 is 15.2 Å². The molecule has 1 aliphatic rings. The maximum atomic E-state index is 11.6. The summed E-state index contributed by atoms with van der Waals surface area (Å²) >= 11 is 0. The average molecular weight is 263 g/mol. The number of carboxylic acid groups (broad SMARTS) is 1. The molecule has 2 rings (SSSR count). The average Bonchev–Trinajstić information content (AvgIpc) is 2.38. The molecule has 1 aromatic carbocycles. The van der Waals surface area contributed by atoms with Crippen LogP contribution in [0.2, 0.25) is 0 Å². The molecule has 1 amide bonds. The molecule has 1 aliphatic heterocycles. The van der Waals surface area contributed by atoms with Crippen molar-refractivity contribution in [1.29, 1.82) is 0 Å². The van der Waals surface area contributed by atoms with Crippen molar-refractivity contribution in [3.63, 3.8) is 0 Å². The quantitative estimate of drug-likeness (QED) is 0.854. The van der Waals surface area contributed by atoms with Gasteiger partial charge in [-0.3, -0.25) is 9.59 Å². The number of hydrogen-bond donors (Lipinski definition) is 2. The van der Waals surface area contributed by atoms with Crippen LogP contribution < -0.4 is 10.1 Å². The third-order valence-corrected chi connectivity index (χ3v) is 2.99. The number of hydrogen-bond acceptors (Lipinski definition) is 3. The molecule has 1 heterocycles. The number of amides is 1. The molecule has 0 unspecified atom stereocenters. The number of fused-ring (bicyclic) bond motifs is 1. The molecule has 0 saturated heterocycles. The molecule has 0 spiro atoms. The van der Waals surface area contributed by atoms with Gasteiger partial charge in [0.05, 0.1) is 6.61 Å². The van der Waals surface area contributed by atoms with E-state index in [1.807, 2.05) is 12.1 Å². The van der Waals surface area contributed by atoms with Gasteiger partial charge in [0.25, 0.3) is 0 Å². The highest BCUT2D eigenvalue weighted by Gasteiger charge is 2.11. The second kappa shape index (κ2) is 6.22. The van der Waals surface area contributed by atoms with E-state index in [2.05, 4.69) is 5.32 Å². The molecule has 102 valence electrons. The van der Waals surface area contributed by atoms with Crippen molar-refractivity contribution >= 4 is 17.6 Å². The van der Waals surface area contributed by atoms with E-state index in [1.165, 1.54) is 0 Å². The van der Waals surface area contributed by atoms with Gasteiger partial charge in [-0.25, -0.2) is 0 Å². The molecular formula is C14H17NO4. The lowest BCUT2D eigenvalue weighted by Crippen LogP contribution is -2.13. The maximum Gasteiger partial charge on any atom is 0.303 e. The van der Waals surface area contributed by atoms with Gasteiger partial charge >= 0.3 is 5.97 Å². The number of aryl methyl sites for hydroxylation is 1. The Kier molecular flexibility index (Phi) is 4.39. The van der Waals surface area contributed by atoms with Crippen LogP contribution in [-0.4, -0.2) is 23.6 Å². The lowest BCUT2D eigenvalue weighted by molar-refractivity contribution is -0.137. The Hall–Kier alpha value is -2.04. The molecule has 2 N–H and O–H groups in total. The first-order valence-corrected chi connectivity index (χ1v) is 6.42. The zero-order valence-corrected chi connectivity index (χ0v) is 10.6. The molecule has 0 bridgehead atoms. The number of aliphatic carboxylic acids is 1. The van der Waals surface area contributed by atoms with Crippen molar-refractivity contribution < 1.29 is 19.4 Å². The van der Waals surface area contributed by atoms with Crippen molar-refractivity contribution in [2.45, 2.75) is 32.1 Å². The number of nitrogens with one attached hydrogen (secondary N) is 1. The third-order valence-electron chi connectivity index (χ3n) is 2.99. The van der Waals surface area contributed by atoms with Gasteiger partial charge in [0.2, 0.25) is 5.91 Å². The van der Waals surface area contributed by atoms with Gasteiger partial charge in [0.1, 0.15) is 5.75 Å². The Morgan fingerprint density at radius 3 is 2.95 bits per heavy atom. The summed E-state index contributed by atoms with van der Waals surface area (Å²) in [4.78, 5) is 22.0. The normalized spacial score (nSPS) is 13.3. The highest BCUT2D eigenvalue weighted by molar-refractivity contribution is 5.91. The number of ether oxygens (including phenoxy) is 1. The van der Waals surface area contributed by atoms with Crippen LogP contribution in [0.1, 0.15) is 31.2 Å². The lowest BCUT2D eigenvalue weighted by Gasteiger charge is -2.18. The second-order valence-corrected chi connectivity index (χ2v) is 4.57. The van der Waals surface area contributed by atoms with E-state index < -0.39 is 5.97 Å². The number of carbonyl (C=O) groups is 2. The Morgan fingerprint density at radius 2 is 2.16 bits per heavy atom. The highest BCUT2D eigenvalue weighted by Crippen LogP contribution is 2.27. The van der Waals surface area contributed by atoms with Crippen LogP contribution in [0.4, 0.5) is 5.69 Å². The van der Waals surface area contributed by atoms with Gasteiger partial charge in [-0.2, -0.15) is 0 Å². The van der Waals surface area contributed by atoms with Crippen LogP contribution in [0.5, 0.6) is 5.75 Å². The molecule has 0 aromatic heterocycles. The minimum Gasteiger partial charge on any atom is -0.493 e. The first-order valence-electron chi connectivity index (χ1n) is 6.42. The van der Waals surface area contributed by atoms with Crippen LogP contribution in [-0.2, 0) is 16.0 Å². The van der Waals surface area contributed by atoms with Crippen molar-refractivity contribution in [3.8, 4) is 5.75 Å². The van der Waals surface area contributed by atoms with E-state index in [0.717, 1.165) is 36.4 Å². The predicted octanol–water partition coefficient (Wildman–Crippen LogP) is 2.21. The Bertz CT molecular complexity index is 484. The van der Waals surface area contributed by atoms with Crippen LogP contribution in [0.15, 0.2) is 18.2 Å². The van der Waals surface area contributed by atoms with Gasteiger partial charge in [0, 0.05) is 18.5 Å². The van der Waals surface area contributed by atoms with Crippen molar-refractivity contribution in [1.82, 2.24) is 0 Å². The second-order valence-electron chi connectivity index (χ2n) is 4.57. The predicted molar refractivity (Wildman–Crippen MR) is 70.4 cm³/mol. The minimum atomic E-state index is -0.876. The molecule has 19 heavy (non-hydrogen) atoms. The molecule has 1 aromatic rings. The number of carbonyl (C=O) groups excluding carboxylic acids is 1. The third kappa shape index (κ3) is 3.98. The number of benzene rings is 1. The van der Waals surface area contributed by atoms with Crippen LogP contribution in [0.25, 0.3) is 0 Å². The summed E-state index contributed by atoms with van der Waals surface area (Å²) in [5.41, 5.74) is 1.85. The van der Waals surface area contributed by atoms with Crippen molar-refractivity contribution in [3.05, 3.63) is 23.8 Å². The molecule has 0 saturated carbocycles. The largest absolute Gasteiger partial charge is 0.493 e. The molecule has 5 nitrogen and oxygen atoms in total. The van der Waals surface area contributed by atoms with Gasteiger partial charge in [0.15, 0.2) is 0 Å². The Morgan fingerprint density at radius 1 is 1.32 bits per heavy atom. The van der Waals surface area contributed by atoms with Gasteiger partial charge in [-0.05, 0) is 43.0 Å². The highest BCUT2D eigenvalue weighted by atomic mass is 16.5. The summed E-state index contributed by atoms with van der Waals surface area (Å²) in [6, 6.07) is 5.59. The summed E-state index contributed by atoms with van der Waals surface area (Å²) in [7, 11) is 0. The standard InChI is InChI=1S/C14H17NO4/c16-13(4-1-5-14(17)18)15-11-6-7-12-10(9-11)3-2-8-19-12/h6-7,9H,1-5,8H2,(H,15,16)(H,17,18). The SMILES string of the molecule is O=C(O)CCCC(=O)Nc1ccc2c(c1)CCCO2. The van der Waals surface area contributed by atoms with E-state index in [4.69, 9.17) is 9.84 Å². The smallest absolute Gasteiger partial charge is 0.303 e. The van der Waals surface area contributed by atoms with E-state index in [1.54, 1.807) is 6.07 Å². The molecule has 0 atom stereocenters. The summed E-state index contributed by atoms with van der Waals surface area (Å²) in [6.45, 7) is 0.744. The van der Waals surface area contributed by atoms with Gasteiger partial charge in [-0.1, -0.05) is 0 Å². The van der Waals surface area contributed by atoms with E-state index >= 15 is 0 Å². The van der Waals surface area contributed by atoms with Gasteiger partial charge in [-0.15, -0.1) is 0 Å². The van der Waals surface area contributed by atoms with Crippen LogP contribution in [0, 0.1) is 0 Å². The summed E-state index contributed by atoms with van der Waals surface area (Å²) in [6.07, 6.45) is 2.54. The lowest BCUT2D eigenvalue weighted by atomic mass is 10.1. The van der Waals surface area contributed by atoms with E-state index in [-0.39, 0.29) is 18.7 Å². The zero-order valence-electron chi connectivity index (χ0n) is 10.6. The topological polar surface area (TPSA) is 75.6 Å². The first-order chi connectivity index (χ1) is 9.15. The fourth-order valence-electron chi connectivity index (χ4n) is 2.06. The van der Waals surface area contributed by atoms with Crippen LogP contribution >= 0.6 is 0 Å².